The largest absolute Gasteiger partial charge is 0.383 e. The number of carbonyl (C=O) groups is 1. The first kappa shape index (κ1) is 14.7. The van der Waals surface area contributed by atoms with Gasteiger partial charge in [-0.15, -0.1) is 0 Å². The van der Waals surface area contributed by atoms with E-state index in [2.05, 4.69) is 15.6 Å². The molecule has 6 heteroatoms. The van der Waals surface area contributed by atoms with Crippen LogP contribution in [-0.4, -0.2) is 44.7 Å². The maximum Gasteiger partial charge on any atom is 0.221 e. The van der Waals surface area contributed by atoms with Gasteiger partial charge < -0.3 is 21.1 Å². The number of carbonyl (C=O) groups excluding carboxylic acids is 1. The van der Waals surface area contributed by atoms with Crippen LogP contribution in [0.25, 0.3) is 0 Å². The maximum atomic E-state index is 11.2. The Morgan fingerprint density at radius 1 is 1.50 bits per heavy atom. The maximum absolute atomic E-state index is 11.2. The Labute approximate surface area is 96.6 Å². The molecule has 0 aliphatic rings. The van der Waals surface area contributed by atoms with Crippen LogP contribution in [0.15, 0.2) is 4.99 Å². The Hall–Kier alpha value is -1.30. The van der Waals surface area contributed by atoms with E-state index in [0.29, 0.717) is 32.1 Å². The number of nitrogens with one attached hydrogen (secondary N) is 2. The normalized spacial score (nSPS) is 11.6. The molecular weight excluding hydrogens is 208 g/mol. The highest BCUT2D eigenvalue weighted by atomic mass is 16.5. The van der Waals surface area contributed by atoms with Crippen molar-refractivity contribution in [1.82, 2.24) is 10.6 Å². The van der Waals surface area contributed by atoms with Crippen LogP contribution in [0.5, 0.6) is 0 Å². The Balaban J connectivity index is 3.59. The van der Waals surface area contributed by atoms with Crippen molar-refractivity contribution in [2.45, 2.75) is 26.3 Å². The van der Waals surface area contributed by atoms with Gasteiger partial charge in [-0.2, -0.15) is 0 Å². The van der Waals surface area contributed by atoms with E-state index in [1.165, 1.54) is 0 Å². The first-order chi connectivity index (χ1) is 7.56. The molecule has 0 rings (SSSR count). The zero-order valence-electron chi connectivity index (χ0n) is 10.2. The molecule has 6 nitrogen and oxygen atoms in total. The summed E-state index contributed by atoms with van der Waals surface area (Å²) < 4.78 is 4.81. The van der Waals surface area contributed by atoms with Crippen molar-refractivity contribution in [2.24, 2.45) is 10.7 Å². The van der Waals surface area contributed by atoms with Gasteiger partial charge >= 0.3 is 0 Å². The van der Waals surface area contributed by atoms with E-state index in [9.17, 15) is 4.79 Å². The highest BCUT2D eigenvalue weighted by molar-refractivity contribution is 5.79. The van der Waals surface area contributed by atoms with Crippen LogP contribution in [0.2, 0.25) is 0 Å². The van der Waals surface area contributed by atoms with Crippen LogP contribution in [-0.2, 0) is 9.53 Å². The molecule has 0 aliphatic carbocycles. The molecule has 0 atom stereocenters. The van der Waals surface area contributed by atoms with E-state index < -0.39 is 0 Å². The van der Waals surface area contributed by atoms with E-state index in [1.54, 1.807) is 7.11 Å². The lowest BCUT2D eigenvalue weighted by Crippen LogP contribution is -2.37. The molecule has 0 saturated heterocycles. The Kier molecular flexibility index (Phi) is 8.24. The van der Waals surface area contributed by atoms with Crippen molar-refractivity contribution < 1.29 is 9.53 Å². The number of hydrogen-bond acceptors (Lipinski definition) is 3. The lowest BCUT2D eigenvalue weighted by Gasteiger charge is -2.08. The number of guanidine groups is 1. The van der Waals surface area contributed by atoms with Crippen molar-refractivity contribution in [3.63, 3.8) is 0 Å². The zero-order chi connectivity index (χ0) is 12.4. The minimum absolute atomic E-state index is 0.0434. The zero-order valence-corrected chi connectivity index (χ0v) is 10.2. The summed E-state index contributed by atoms with van der Waals surface area (Å²) in [7, 11) is 1.59. The number of aliphatic imine (C=N–C) groups is 1. The summed E-state index contributed by atoms with van der Waals surface area (Å²) in [6.45, 7) is 5.38. The predicted octanol–water partition coefficient (Wildman–Crippen LogP) is -0.548. The summed E-state index contributed by atoms with van der Waals surface area (Å²) in [5, 5.41) is 5.65. The van der Waals surface area contributed by atoms with Gasteiger partial charge in [-0.05, 0) is 13.8 Å². The summed E-state index contributed by atoms with van der Waals surface area (Å²) in [5.41, 5.74) is 5.57. The molecule has 0 aromatic heterocycles. The van der Waals surface area contributed by atoms with Gasteiger partial charge in [0.25, 0.3) is 0 Å². The van der Waals surface area contributed by atoms with Crippen molar-refractivity contribution >= 4 is 11.9 Å². The molecule has 16 heavy (non-hydrogen) atoms. The third-order valence-electron chi connectivity index (χ3n) is 1.69. The van der Waals surface area contributed by atoms with Crippen LogP contribution in [0.1, 0.15) is 20.3 Å². The molecule has 0 spiro atoms. The van der Waals surface area contributed by atoms with E-state index >= 15 is 0 Å². The monoisotopic (exact) mass is 230 g/mol. The van der Waals surface area contributed by atoms with E-state index in [4.69, 9.17) is 10.5 Å². The van der Waals surface area contributed by atoms with Crippen molar-refractivity contribution in [2.75, 3.05) is 26.8 Å². The molecule has 0 aromatic carbocycles. The number of nitrogens with zero attached hydrogens (tertiary/aromatic N) is 1. The van der Waals surface area contributed by atoms with Crippen LogP contribution < -0.4 is 16.4 Å². The Morgan fingerprint density at radius 2 is 2.19 bits per heavy atom. The summed E-state index contributed by atoms with van der Waals surface area (Å²) in [5.74, 6) is 0.331. The highest BCUT2D eigenvalue weighted by Gasteiger charge is 2.00. The fourth-order valence-corrected chi connectivity index (χ4v) is 1.00. The van der Waals surface area contributed by atoms with Crippen molar-refractivity contribution in [1.29, 1.82) is 0 Å². The van der Waals surface area contributed by atoms with Crippen LogP contribution in [0.4, 0.5) is 0 Å². The number of hydrogen-bond donors (Lipinski definition) is 3. The number of methoxy groups -OCH3 is 1. The second kappa shape index (κ2) is 8.96. The van der Waals surface area contributed by atoms with Gasteiger partial charge in [-0.3, -0.25) is 9.79 Å². The first-order valence-corrected chi connectivity index (χ1v) is 5.38. The molecule has 0 saturated carbocycles. The molecule has 94 valence electrons. The number of nitrogens with two attached hydrogens (primary N) is 1. The van der Waals surface area contributed by atoms with Gasteiger partial charge in [-0.25, -0.2) is 0 Å². The molecule has 0 aliphatic heterocycles. The molecule has 0 heterocycles. The van der Waals surface area contributed by atoms with Crippen molar-refractivity contribution in [3.05, 3.63) is 0 Å². The van der Waals surface area contributed by atoms with Crippen LogP contribution in [0.3, 0.4) is 0 Å². The third-order valence-corrected chi connectivity index (χ3v) is 1.69. The average Bonchev–Trinajstić information content (AvgIpc) is 2.17. The molecular formula is C10H22N4O2. The number of amides is 1. The highest BCUT2D eigenvalue weighted by Crippen LogP contribution is 1.83. The van der Waals surface area contributed by atoms with Gasteiger partial charge in [0.15, 0.2) is 5.96 Å². The quantitative estimate of drug-likeness (QED) is 0.311. The molecule has 0 unspecified atom stereocenters. The molecule has 1 amide bonds. The van der Waals surface area contributed by atoms with E-state index in [-0.39, 0.29) is 11.9 Å². The first-order valence-electron chi connectivity index (χ1n) is 5.38. The van der Waals surface area contributed by atoms with Crippen LogP contribution >= 0.6 is 0 Å². The average molecular weight is 230 g/mol. The standard InChI is InChI=1S/C10H22N4O2/c1-8(2)14-10(11)13-5-4-9(15)12-6-7-16-3/h8H,4-7H2,1-3H3,(H,12,15)(H3,11,13,14). The van der Waals surface area contributed by atoms with Crippen molar-refractivity contribution in [3.8, 4) is 0 Å². The lowest BCUT2D eigenvalue weighted by molar-refractivity contribution is -0.121. The Morgan fingerprint density at radius 3 is 2.75 bits per heavy atom. The second-order valence-electron chi connectivity index (χ2n) is 3.66. The van der Waals surface area contributed by atoms with Crippen LogP contribution in [0, 0.1) is 0 Å². The van der Waals surface area contributed by atoms with Gasteiger partial charge in [0.05, 0.1) is 13.2 Å². The number of ether oxygens (including phenoxy) is 1. The summed E-state index contributed by atoms with van der Waals surface area (Å²) >= 11 is 0. The summed E-state index contributed by atoms with van der Waals surface area (Å²) in [6.07, 6.45) is 0.337. The lowest BCUT2D eigenvalue weighted by atomic mass is 10.4. The van der Waals surface area contributed by atoms with Gasteiger partial charge in [0, 0.05) is 26.1 Å². The topological polar surface area (TPSA) is 88.7 Å². The second-order valence-corrected chi connectivity index (χ2v) is 3.66. The summed E-state index contributed by atoms with van der Waals surface area (Å²) in [4.78, 5) is 15.2. The molecule has 0 bridgehead atoms. The Bertz CT molecular complexity index is 229. The smallest absolute Gasteiger partial charge is 0.221 e. The SMILES string of the molecule is COCCNC(=O)CCN=C(N)NC(C)C. The summed E-state index contributed by atoms with van der Waals surface area (Å²) in [6, 6.07) is 0.249. The molecule has 0 fully saturated rings. The fraction of sp³-hybridized carbons (Fsp3) is 0.800. The molecule has 0 aromatic rings. The minimum Gasteiger partial charge on any atom is -0.383 e. The van der Waals surface area contributed by atoms with E-state index in [0.717, 1.165) is 0 Å². The fourth-order valence-electron chi connectivity index (χ4n) is 1.00. The molecule has 0 radical (unpaired) electrons. The number of rotatable bonds is 7. The van der Waals surface area contributed by atoms with Gasteiger partial charge in [0.1, 0.15) is 0 Å². The predicted molar refractivity (Wildman–Crippen MR) is 64.3 cm³/mol. The minimum atomic E-state index is -0.0434. The third kappa shape index (κ3) is 9.26. The van der Waals surface area contributed by atoms with Gasteiger partial charge in [-0.1, -0.05) is 0 Å². The van der Waals surface area contributed by atoms with Gasteiger partial charge in [0.2, 0.25) is 5.91 Å². The van der Waals surface area contributed by atoms with E-state index in [1.807, 2.05) is 13.8 Å². The molecule has 4 N–H and O–H groups in total.